The van der Waals surface area contributed by atoms with Gasteiger partial charge in [0.25, 0.3) is 0 Å². The Bertz CT molecular complexity index is 537. The van der Waals surface area contributed by atoms with Crippen LogP contribution in [0.5, 0.6) is 5.75 Å². The fourth-order valence-corrected chi connectivity index (χ4v) is 2.28. The monoisotopic (exact) mass is 270 g/mol. The second-order valence-corrected chi connectivity index (χ2v) is 4.99. The molecule has 0 saturated heterocycles. The molecule has 3 nitrogen and oxygen atoms in total. The van der Waals surface area contributed by atoms with Crippen molar-refractivity contribution in [1.29, 1.82) is 0 Å². The van der Waals surface area contributed by atoms with Crippen LogP contribution in [0.2, 0.25) is 0 Å². The van der Waals surface area contributed by atoms with Gasteiger partial charge in [-0.1, -0.05) is 31.2 Å². The summed E-state index contributed by atoms with van der Waals surface area (Å²) in [7, 11) is 1.69. The molecule has 0 aliphatic rings. The van der Waals surface area contributed by atoms with Gasteiger partial charge in [-0.05, 0) is 36.1 Å². The lowest BCUT2D eigenvalue weighted by Crippen LogP contribution is -2.26. The van der Waals surface area contributed by atoms with Crippen LogP contribution in [0.15, 0.2) is 42.6 Å². The summed E-state index contributed by atoms with van der Waals surface area (Å²) < 4.78 is 5.36. The Morgan fingerprint density at radius 3 is 2.60 bits per heavy atom. The highest BCUT2D eigenvalue weighted by Gasteiger charge is 2.09. The lowest BCUT2D eigenvalue weighted by Gasteiger charge is -2.14. The number of aromatic nitrogens is 1. The van der Waals surface area contributed by atoms with Crippen LogP contribution < -0.4 is 10.5 Å². The SMILES string of the molecule is CCc1ccc(CC(N)Cc2ccccc2OC)nc1. The first-order valence-corrected chi connectivity index (χ1v) is 7.04. The van der Waals surface area contributed by atoms with Crippen molar-refractivity contribution in [3.8, 4) is 5.75 Å². The highest BCUT2D eigenvalue weighted by molar-refractivity contribution is 5.34. The quantitative estimate of drug-likeness (QED) is 0.878. The molecule has 2 rings (SSSR count). The molecule has 0 radical (unpaired) electrons. The first kappa shape index (κ1) is 14.5. The van der Waals surface area contributed by atoms with Gasteiger partial charge in [-0.2, -0.15) is 0 Å². The zero-order chi connectivity index (χ0) is 14.4. The fraction of sp³-hybridized carbons (Fsp3) is 0.353. The second-order valence-electron chi connectivity index (χ2n) is 4.99. The van der Waals surface area contributed by atoms with Crippen LogP contribution in [0.4, 0.5) is 0 Å². The number of rotatable bonds is 6. The Morgan fingerprint density at radius 2 is 1.95 bits per heavy atom. The smallest absolute Gasteiger partial charge is 0.122 e. The predicted molar refractivity (Wildman–Crippen MR) is 82.0 cm³/mol. The lowest BCUT2D eigenvalue weighted by molar-refractivity contribution is 0.407. The van der Waals surface area contributed by atoms with E-state index < -0.39 is 0 Å². The fourth-order valence-electron chi connectivity index (χ4n) is 2.28. The first-order chi connectivity index (χ1) is 9.72. The summed E-state index contributed by atoms with van der Waals surface area (Å²) in [4.78, 5) is 4.46. The van der Waals surface area contributed by atoms with Gasteiger partial charge in [0.1, 0.15) is 5.75 Å². The summed E-state index contributed by atoms with van der Waals surface area (Å²) in [6, 6.07) is 12.3. The van der Waals surface area contributed by atoms with E-state index in [0.29, 0.717) is 0 Å². The Hall–Kier alpha value is -1.87. The average molecular weight is 270 g/mol. The highest BCUT2D eigenvalue weighted by Crippen LogP contribution is 2.19. The van der Waals surface area contributed by atoms with Gasteiger partial charge < -0.3 is 10.5 Å². The molecular weight excluding hydrogens is 248 g/mol. The number of aryl methyl sites for hydroxylation is 1. The third kappa shape index (κ3) is 3.81. The van der Waals surface area contributed by atoms with E-state index in [4.69, 9.17) is 10.5 Å². The molecule has 0 aliphatic heterocycles. The minimum absolute atomic E-state index is 0.0475. The van der Waals surface area contributed by atoms with E-state index in [1.54, 1.807) is 7.11 Å². The van der Waals surface area contributed by atoms with Crippen LogP contribution in [0.3, 0.4) is 0 Å². The summed E-state index contributed by atoms with van der Waals surface area (Å²) in [5, 5.41) is 0. The van der Waals surface area contributed by atoms with Gasteiger partial charge in [0.05, 0.1) is 7.11 Å². The molecule has 3 heteroatoms. The van der Waals surface area contributed by atoms with Crippen molar-refractivity contribution in [2.75, 3.05) is 7.11 Å². The van der Waals surface area contributed by atoms with Crippen molar-refractivity contribution in [2.45, 2.75) is 32.2 Å². The van der Waals surface area contributed by atoms with E-state index in [9.17, 15) is 0 Å². The topological polar surface area (TPSA) is 48.1 Å². The molecule has 0 aliphatic carbocycles. The lowest BCUT2D eigenvalue weighted by atomic mass is 10.0. The standard InChI is InChI=1S/C17H22N2O/c1-3-13-8-9-16(19-12-13)11-15(18)10-14-6-4-5-7-17(14)20-2/h4-9,12,15H,3,10-11,18H2,1-2H3. The molecule has 1 aromatic carbocycles. The summed E-state index contributed by atoms with van der Waals surface area (Å²) in [5.74, 6) is 0.900. The van der Waals surface area contributed by atoms with Crippen LogP contribution in [0.25, 0.3) is 0 Å². The molecule has 0 fully saturated rings. The van der Waals surface area contributed by atoms with Gasteiger partial charge >= 0.3 is 0 Å². The van der Waals surface area contributed by atoms with Crippen molar-refractivity contribution in [3.63, 3.8) is 0 Å². The number of benzene rings is 1. The molecule has 0 spiro atoms. The van der Waals surface area contributed by atoms with Crippen LogP contribution in [-0.4, -0.2) is 18.1 Å². The number of ether oxygens (including phenoxy) is 1. The summed E-state index contributed by atoms with van der Waals surface area (Å²) in [6.07, 6.45) is 4.52. The van der Waals surface area contributed by atoms with Crippen molar-refractivity contribution in [2.24, 2.45) is 5.73 Å². The Kier molecular flexibility index (Phi) is 5.13. The molecule has 2 aromatic rings. The van der Waals surface area contributed by atoms with Gasteiger partial charge in [-0.3, -0.25) is 4.98 Å². The maximum atomic E-state index is 6.24. The Balaban J connectivity index is 1.99. The van der Waals surface area contributed by atoms with Crippen molar-refractivity contribution in [3.05, 3.63) is 59.4 Å². The van der Waals surface area contributed by atoms with Gasteiger partial charge in [-0.25, -0.2) is 0 Å². The largest absolute Gasteiger partial charge is 0.496 e. The molecule has 2 N–H and O–H groups in total. The molecule has 0 amide bonds. The molecule has 1 atom stereocenters. The molecule has 1 aromatic heterocycles. The molecule has 106 valence electrons. The molecule has 1 unspecified atom stereocenters. The number of hydrogen-bond acceptors (Lipinski definition) is 3. The molecule has 0 saturated carbocycles. The zero-order valence-corrected chi connectivity index (χ0v) is 12.2. The summed E-state index contributed by atoms with van der Waals surface area (Å²) in [6.45, 7) is 2.13. The Labute approximate surface area is 120 Å². The predicted octanol–water partition coefficient (Wildman–Crippen LogP) is 2.77. The average Bonchev–Trinajstić information content (AvgIpc) is 2.48. The number of para-hydroxylation sites is 1. The van der Waals surface area contributed by atoms with Gasteiger partial charge in [0.2, 0.25) is 0 Å². The number of methoxy groups -OCH3 is 1. The molecular formula is C17H22N2O. The van der Waals surface area contributed by atoms with E-state index in [0.717, 1.165) is 36.3 Å². The van der Waals surface area contributed by atoms with Crippen LogP contribution in [-0.2, 0) is 19.3 Å². The van der Waals surface area contributed by atoms with Crippen LogP contribution in [0.1, 0.15) is 23.7 Å². The summed E-state index contributed by atoms with van der Waals surface area (Å²) >= 11 is 0. The third-order valence-electron chi connectivity index (χ3n) is 3.44. The number of nitrogens with two attached hydrogens (primary N) is 1. The highest BCUT2D eigenvalue weighted by atomic mass is 16.5. The first-order valence-electron chi connectivity index (χ1n) is 7.04. The normalized spacial score (nSPS) is 12.2. The minimum atomic E-state index is 0.0475. The maximum Gasteiger partial charge on any atom is 0.122 e. The maximum absolute atomic E-state index is 6.24. The van der Waals surface area contributed by atoms with Crippen molar-refractivity contribution >= 4 is 0 Å². The van der Waals surface area contributed by atoms with Gasteiger partial charge in [0.15, 0.2) is 0 Å². The van der Waals surface area contributed by atoms with E-state index in [-0.39, 0.29) is 6.04 Å². The van der Waals surface area contributed by atoms with Crippen molar-refractivity contribution < 1.29 is 4.74 Å². The van der Waals surface area contributed by atoms with Gasteiger partial charge in [0, 0.05) is 24.4 Å². The van der Waals surface area contributed by atoms with E-state index in [2.05, 4.69) is 30.1 Å². The molecule has 0 bridgehead atoms. The van der Waals surface area contributed by atoms with Crippen LogP contribution >= 0.6 is 0 Å². The molecule has 20 heavy (non-hydrogen) atoms. The number of pyridine rings is 1. The van der Waals surface area contributed by atoms with Gasteiger partial charge in [-0.15, -0.1) is 0 Å². The van der Waals surface area contributed by atoms with E-state index in [1.807, 2.05) is 24.4 Å². The Morgan fingerprint density at radius 1 is 1.15 bits per heavy atom. The number of nitrogens with zero attached hydrogens (tertiary/aromatic N) is 1. The number of hydrogen-bond donors (Lipinski definition) is 1. The second kappa shape index (κ2) is 7.06. The van der Waals surface area contributed by atoms with Crippen LogP contribution in [0, 0.1) is 0 Å². The zero-order valence-electron chi connectivity index (χ0n) is 12.2. The third-order valence-corrected chi connectivity index (χ3v) is 3.44. The van der Waals surface area contributed by atoms with Crippen molar-refractivity contribution in [1.82, 2.24) is 4.98 Å². The van der Waals surface area contributed by atoms with E-state index >= 15 is 0 Å². The summed E-state index contributed by atoms with van der Waals surface area (Å²) in [5.41, 5.74) is 9.68. The van der Waals surface area contributed by atoms with E-state index in [1.165, 1.54) is 5.56 Å². The minimum Gasteiger partial charge on any atom is -0.496 e. The molecule has 1 heterocycles.